The molecule has 0 aliphatic carbocycles. The van der Waals surface area contributed by atoms with Gasteiger partial charge in [0.2, 0.25) is 5.01 Å². The van der Waals surface area contributed by atoms with Crippen molar-refractivity contribution in [2.45, 2.75) is 31.8 Å². The highest BCUT2D eigenvalue weighted by Gasteiger charge is 2.73. The van der Waals surface area contributed by atoms with Crippen LogP contribution in [0.2, 0.25) is 10.0 Å². The van der Waals surface area contributed by atoms with Crippen molar-refractivity contribution >= 4 is 46.4 Å². The van der Waals surface area contributed by atoms with Gasteiger partial charge in [-0.1, -0.05) is 23.2 Å². The molecule has 182 valence electrons. The van der Waals surface area contributed by atoms with E-state index in [2.05, 4.69) is 4.98 Å². The number of rotatable bonds is 6. The van der Waals surface area contributed by atoms with Crippen molar-refractivity contribution in [3.05, 3.63) is 43.8 Å². The number of halogens is 8. The van der Waals surface area contributed by atoms with Crippen LogP contribution in [0.15, 0.2) is 17.5 Å². The van der Waals surface area contributed by atoms with Crippen molar-refractivity contribution in [1.82, 2.24) is 9.88 Å². The van der Waals surface area contributed by atoms with Crippen LogP contribution < -0.4 is 4.74 Å². The fourth-order valence-electron chi connectivity index (χ4n) is 2.68. The molecule has 0 bridgehead atoms. The predicted molar refractivity (Wildman–Crippen MR) is 107 cm³/mol. The van der Waals surface area contributed by atoms with Gasteiger partial charge in [-0.3, -0.25) is 4.79 Å². The van der Waals surface area contributed by atoms with Crippen LogP contribution in [-0.4, -0.2) is 52.3 Å². The minimum atomic E-state index is -6.31. The number of ether oxygens (including phenoxy) is 1. The van der Waals surface area contributed by atoms with Crippen LogP contribution in [0.1, 0.15) is 39.7 Å². The lowest BCUT2D eigenvalue weighted by Gasteiger charge is -2.34. The monoisotopic (exact) mass is 538 g/mol. The van der Waals surface area contributed by atoms with Crippen molar-refractivity contribution in [3.8, 4) is 5.75 Å². The predicted octanol–water partition coefficient (Wildman–Crippen LogP) is 5.46. The van der Waals surface area contributed by atoms with Crippen molar-refractivity contribution in [2.75, 3.05) is 13.1 Å². The Hall–Kier alpha value is -2.09. The van der Waals surface area contributed by atoms with E-state index in [4.69, 9.17) is 27.9 Å². The number of alkyl halides is 6. The number of benzene rings is 1. The van der Waals surface area contributed by atoms with Gasteiger partial charge in [-0.2, -0.15) is 26.3 Å². The van der Waals surface area contributed by atoms with Crippen LogP contribution in [0.4, 0.5) is 26.3 Å². The van der Waals surface area contributed by atoms with E-state index < -0.39 is 56.2 Å². The van der Waals surface area contributed by atoms with E-state index in [0.29, 0.717) is 30.5 Å². The van der Waals surface area contributed by atoms with Crippen molar-refractivity contribution < 1.29 is 45.8 Å². The molecule has 0 aliphatic rings. The molecule has 1 aromatic heterocycles. The van der Waals surface area contributed by atoms with Gasteiger partial charge in [-0.25, -0.2) is 9.78 Å². The van der Waals surface area contributed by atoms with Crippen molar-refractivity contribution in [2.24, 2.45) is 0 Å². The van der Waals surface area contributed by atoms with Crippen LogP contribution in [0.25, 0.3) is 0 Å². The summed E-state index contributed by atoms with van der Waals surface area (Å²) in [4.78, 5) is 29.8. The third kappa shape index (κ3) is 5.05. The molecule has 1 aromatic carbocycles. The molecular weight excluding hydrogens is 525 g/mol. The second kappa shape index (κ2) is 9.65. The van der Waals surface area contributed by atoms with Gasteiger partial charge >= 0.3 is 18.3 Å². The minimum Gasteiger partial charge on any atom is -0.421 e. The summed E-state index contributed by atoms with van der Waals surface area (Å²) in [5, 5.41) is 8.32. The molecular formula is C18H14Cl2F6N2O4S. The summed E-state index contributed by atoms with van der Waals surface area (Å²) in [6.07, 6.45) is -12.6. The first-order valence-electron chi connectivity index (χ1n) is 8.91. The highest BCUT2D eigenvalue weighted by atomic mass is 35.5. The lowest BCUT2D eigenvalue weighted by atomic mass is 9.91. The molecule has 0 unspecified atom stereocenters. The largest absolute Gasteiger partial charge is 0.430 e. The molecule has 1 N–H and O–H groups in total. The summed E-state index contributed by atoms with van der Waals surface area (Å²) in [5.74, 6) is -3.38. The summed E-state index contributed by atoms with van der Waals surface area (Å²) in [7, 11) is 0. The van der Waals surface area contributed by atoms with Crippen molar-refractivity contribution in [3.63, 3.8) is 0 Å². The van der Waals surface area contributed by atoms with Gasteiger partial charge < -0.3 is 14.7 Å². The highest BCUT2D eigenvalue weighted by Crippen LogP contribution is 2.55. The number of hydrogen-bond acceptors (Lipinski definition) is 6. The van der Waals surface area contributed by atoms with Gasteiger partial charge in [0.25, 0.3) is 11.5 Å². The van der Waals surface area contributed by atoms with Crippen LogP contribution >= 0.6 is 34.5 Å². The molecule has 0 saturated heterocycles. The molecule has 2 aromatic rings. The first-order valence-corrected chi connectivity index (χ1v) is 10.5. The van der Waals surface area contributed by atoms with E-state index >= 15 is 0 Å². The van der Waals surface area contributed by atoms with E-state index in [9.17, 15) is 41.0 Å². The molecule has 0 fully saturated rings. The molecule has 15 heteroatoms. The summed E-state index contributed by atoms with van der Waals surface area (Å²) in [6.45, 7) is 4.04. The third-order valence-corrected chi connectivity index (χ3v) is 6.02. The number of nitrogens with zero attached hydrogens (tertiary/aromatic N) is 2. The third-order valence-electron chi connectivity index (χ3n) is 4.39. The number of aromatic nitrogens is 1. The Morgan fingerprint density at radius 3 is 2.12 bits per heavy atom. The Labute approximate surface area is 196 Å². The number of carbonyl (C=O) groups is 2. The van der Waals surface area contributed by atoms with Gasteiger partial charge in [0.1, 0.15) is 11.4 Å². The first kappa shape index (κ1) is 27.2. The standard InChI is InChI=1S/C18H14Cl2F6N2O4S/c1-3-28(4-2)14(29)9-7-33-13(27-9)15(30)32-10-6-5-8(19)12(20)11(10)16(31,17(21,22)23)18(24,25)26/h5-7,31H,3-4H2,1-2H3. The Morgan fingerprint density at radius 1 is 1.09 bits per heavy atom. The Kier molecular flexibility index (Phi) is 7.94. The van der Waals surface area contributed by atoms with E-state index in [1.54, 1.807) is 13.8 Å². The van der Waals surface area contributed by atoms with Crippen molar-refractivity contribution in [1.29, 1.82) is 0 Å². The number of aliphatic hydroxyl groups is 1. The lowest BCUT2D eigenvalue weighted by molar-refractivity contribution is -0.376. The summed E-state index contributed by atoms with van der Waals surface area (Å²) in [5.41, 5.74) is -7.70. The zero-order valence-corrected chi connectivity index (χ0v) is 19.0. The molecule has 33 heavy (non-hydrogen) atoms. The summed E-state index contributed by atoms with van der Waals surface area (Å²) in [6, 6.07) is 1.29. The SMILES string of the molecule is CCN(CC)C(=O)c1csc(C(=O)Oc2ccc(Cl)c(Cl)c2C(O)(C(F)(F)F)C(F)(F)F)n1. The molecule has 0 saturated carbocycles. The van der Waals surface area contributed by atoms with Gasteiger partial charge in [-0.05, 0) is 26.0 Å². The van der Waals surface area contributed by atoms with Crippen LogP contribution in [0.3, 0.4) is 0 Å². The molecule has 1 amide bonds. The Morgan fingerprint density at radius 2 is 1.64 bits per heavy atom. The second-order valence-corrected chi connectivity index (χ2v) is 7.99. The van der Waals surface area contributed by atoms with Gasteiger partial charge in [0.15, 0.2) is 0 Å². The molecule has 2 rings (SSSR count). The van der Waals surface area contributed by atoms with E-state index in [1.165, 1.54) is 10.3 Å². The second-order valence-electron chi connectivity index (χ2n) is 6.35. The molecule has 6 nitrogen and oxygen atoms in total. The van der Waals surface area contributed by atoms with Crippen LogP contribution in [-0.2, 0) is 5.60 Å². The van der Waals surface area contributed by atoms with E-state index in [1.807, 2.05) is 0 Å². The maximum absolute atomic E-state index is 13.4. The average Bonchev–Trinajstić information content (AvgIpc) is 3.20. The fraction of sp³-hybridized carbons (Fsp3) is 0.389. The Bertz CT molecular complexity index is 1040. The number of carbonyl (C=O) groups excluding carboxylic acids is 2. The molecule has 0 spiro atoms. The summed E-state index contributed by atoms with van der Waals surface area (Å²) >= 11 is 11.7. The van der Waals surface area contributed by atoms with Crippen LogP contribution in [0, 0.1) is 0 Å². The van der Waals surface area contributed by atoms with E-state index in [0.717, 1.165) is 6.07 Å². The van der Waals surface area contributed by atoms with Gasteiger partial charge in [0, 0.05) is 18.5 Å². The normalized spacial score (nSPS) is 12.6. The highest BCUT2D eigenvalue weighted by molar-refractivity contribution is 7.11. The fourth-order valence-corrected chi connectivity index (χ4v) is 3.80. The molecule has 0 radical (unpaired) electrons. The first-order chi connectivity index (χ1) is 15.1. The number of hydrogen-bond donors (Lipinski definition) is 1. The number of thiazole rings is 1. The molecule has 0 aliphatic heterocycles. The van der Waals surface area contributed by atoms with Gasteiger partial charge in [0.05, 0.1) is 15.6 Å². The molecule has 1 heterocycles. The average molecular weight is 539 g/mol. The summed E-state index contributed by atoms with van der Waals surface area (Å²) < 4.78 is 85.1. The van der Waals surface area contributed by atoms with Gasteiger partial charge in [-0.15, -0.1) is 11.3 Å². The van der Waals surface area contributed by atoms with Crippen LogP contribution in [0.5, 0.6) is 5.75 Å². The zero-order valence-electron chi connectivity index (χ0n) is 16.6. The van der Waals surface area contributed by atoms with E-state index in [-0.39, 0.29) is 5.69 Å². The number of amides is 1. The zero-order chi connectivity index (χ0) is 25.4. The maximum Gasteiger partial charge on any atom is 0.430 e. The lowest BCUT2D eigenvalue weighted by Crippen LogP contribution is -2.54. The quantitative estimate of drug-likeness (QED) is 0.300. The Balaban J connectivity index is 2.53. The molecule has 0 atom stereocenters. The number of esters is 1. The smallest absolute Gasteiger partial charge is 0.421 e. The topological polar surface area (TPSA) is 79.7 Å². The maximum atomic E-state index is 13.4. The minimum absolute atomic E-state index is 0.174.